The molecule has 1 amide bonds. The lowest BCUT2D eigenvalue weighted by molar-refractivity contribution is -0.136. The van der Waals surface area contributed by atoms with E-state index in [0.717, 1.165) is 11.1 Å². The fourth-order valence-electron chi connectivity index (χ4n) is 4.13. The summed E-state index contributed by atoms with van der Waals surface area (Å²) in [4.78, 5) is 28.0. The van der Waals surface area contributed by atoms with Gasteiger partial charge < -0.3 is 10.0 Å². The highest BCUT2D eigenvalue weighted by Gasteiger charge is 2.51. The van der Waals surface area contributed by atoms with E-state index in [1.54, 1.807) is 48.5 Å². The van der Waals surface area contributed by atoms with Gasteiger partial charge in [0.2, 0.25) is 0 Å². The molecule has 3 aromatic carbocycles. The monoisotopic (exact) mass is 453 g/mol. The summed E-state index contributed by atoms with van der Waals surface area (Å²) in [6.07, 6.45) is -0.348. The van der Waals surface area contributed by atoms with Crippen LogP contribution >= 0.6 is 23.2 Å². The predicted octanol–water partition coefficient (Wildman–Crippen LogP) is 5.62. The SMILES string of the molecule is Cc1ccc(C(=O)CC2(O)C(=O)N(Cc3c(Cl)cccc3Cl)c3ccccc32)c(C)c1. The number of hydrogen-bond acceptors (Lipinski definition) is 3. The van der Waals surface area contributed by atoms with E-state index in [1.165, 1.54) is 4.90 Å². The van der Waals surface area contributed by atoms with Gasteiger partial charge in [-0.15, -0.1) is 0 Å². The first-order valence-electron chi connectivity index (χ1n) is 9.89. The van der Waals surface area contributed by atoms with Crippen molar-refractivity contribution in [3.05, 3.63) is 98.5 Å². The number of halogens is 2. The molecule has 31 heavy (non-hydrogen) atoms. The Morgan fingerprint density at radius 3 is 2.35 bits per heavy atom. The smallest absolute Gasteiger partial charge is 0.264 e. The summed E-state index contributed by atoms with van der Waals surface area (Å²) in [6.45, 7) is 3.89. The third kappa shape index (κ3) is 3.76. The molecule has 1 atom stereocenters. The van der Waals surface area contributed by atoms with E-state index < -0.39 is 11.5 Å². The minimum absolute atomic E-state index is 0.0917. The second kappa shape index (κ2) is 8.12. The Labute approximate surface area is 191 Å². The highest BCUT2D eigenvalue weighted by molar-refractivity contribution is 6.36. The van der Waals surface area contributed by atoms with Crippen LogP contribution in [0.2, 0.25) is 10.0 Å². The number of anilines is 1. The van der Waals surface area contributed by atoms with Crippen molar-refractivity contribution in [1.29, 1.82) is 0 Å². The summed E-state index contributed by atoms with van der Waals surface area (Å²) in [5.74, 6) is -0.858. The lowest BCUT2D eigenvalue weighted by Gasteiger charge is -2.23. The molecular formula is C25H21Cl2NO3. The van der Waals surface area contributed by atoms with Gasteiger partial charge in [0.05, 0.1) is 18.7 Å². The van der Waals surface area contributed by atoms with Crippen LogP contribution in [0, 0.1) is 13.8 Å². The van der Waals surface area contributed by atoms with E-state index in [2.05, 4.69) is 0 Å². The number of nitrogens with zero attached hydrogens (tertiary/aromatic N) is 1. The number of benzene rings is 3. The molecule has 0 bridgehead atoms. The second-order valence-corrected chi connectivity index (χ2v) is 8.70. The molecule has 1 N–H and O–H groups in total. The summed E-state index contributed by atoms with van der Waals surface area (Å²) >= 11 is 12.6. The Hall–Kier alpha value is -2.66. The first kappa shape index (κ1) is 21.6. The van der Waals surface area contributed by atoms with Crippen molar-refractivity contribution in [2.75, 3.05) is 4.90 Å². The lowest BCUT2D eigenvalue weighted by Crippen LogP contribution is -2.41. The summed E-state index contributed by atoms with van der Waals surface area (Å²) in [5.41, 5.74) is 1.92. The molecule has 1 unspecified atom stereocenters. The van der Waals surface area contributed by atoms with Gasteiger partial charge in [-0.25, -0.2) is 0 Å². The minimum atomic E-state index is -1.96. The third-order valence-corrected chi connectivity index (χ3v) is 6.42. The largest absolute Gasteiger partial charge is 0.375 e. The Balaban J connectivity index is 1.72. The van der Waals surface area contributed by atoms with Crippen molar-refractivity contribution < 1.29 is 14.7 Å². The number of hydrogen-bond donors (Lipinski definition) is 1. The average molecular weight is 454 g/mol. The van der Waals surface area contributed by atoms with Gasteiger partial charge in [-0.05, 0) is 37.6 Å². The molecule has 0 fully saturated rings. The summed E-state index contributed by atoms with van der Waals surface area (Å²) in [6, 6.07) is 17.6. The molecule has 0 aromatic heterocycles. The van der Waals surface area contributed by atoms with Gasteiger partial charge in [-0.3, -0.25) is 9.59 Å². The first-order chi connectivity index (χ1) is 14.7. The van der Waals surface area contributed by atoms with E-state index in [-0.39, 0.29) is 18.7 Å². The molecule has 1 heterocycles. The van der Waals surface area contributed by atoms with Crippen LogP contribution < -0.4 is 4.90 Å². The standard InChI is InChI=1S/C25H21Cl2NO3/c1-15-10-11-17(16(2)12-15)23(29)13-25(31)19-6-3-4-9-22(19)28(24(25)30)14-18-20(26)7-5-8-21(18)27/h3-12,31H,13-14H2,1-2H3. The zero-order valence-corrected chi connectivity index (χ0v) is 18.7. The molecule has 3 aromatic rings. The number of para-hydroxylation sites is 1. The predicted molar refractivity (Wildman–Crippen MR) is 123 cm³/mol. The van der Waals surface area contributed by atoms with Crippen molar-refractivity contribution in [3.63, 3.8) is 0 Å². The summed E-state index contributed by atoms with van der Waals surface area (Å²) in [5, 5.41) is 12.4. The average Bonchev–Trinajstić information content (AvgIpc) is 2.92. The number of Topliss-reactive ketones (excluding diaryl/α,β-unsaturated/α-hetero) is 1. The van der Waals surface area contributed by atoms with Crippen LogP contribution in [0.15, 0.2) is 60.7 Å². The quantitative estimate of drug-likeness (QED) is 0.510. The van der Waals surface area contributed by atoms with Crippen LogP contribution in [0.25, 0.3) is 0 Å². The number of amides is 1. The summed E-state index contributed by atoms with van der Waals surface area (Å²) in [7, 11) is 0. The highest BCUT2D eigenvalue weighted by atomic mass is 35.5. The van der Waals surface area contributed by atoms with Crippen LogP contribution in [0.3, 0.4) is 0 Å². The van der Waals surface area contributed by atoms with Crippen LogP contribution in [-0.4, -0.2) is 16.8 Å². The summed E-state index contributed by atoms with van der Waals surface area (Å²) < 4.78 is 0. The zero-order chi connectivity index (χ0) is 22.3. The van der Waals surface area contributed by atoms with E-state index in [0.29, 0.717) is 32.4 Å². The molecule has 0 aliphatic carbocycles. The van der Waals surface area contributed by atoms with Gasteiger partial charge in [0.1, 0.15) is 0 Å². The van der Waals surface area contributed by atoms with Crippen LogP contribution in [0.5, 0.6) is 0 Å². The van der Waals surface area contributed by atoms with Gasteiger partial charge in [-0.2, -0.15) is 0 Å². The van der Waals surface area contributed by atoms with Gasteiger partial charge in [0.15, 0.2) is 11.4 Å². The maximum absolute atomic E-state index is 13.5. The minimum Gasteiger partial charge on any atom is -0.375 e. The molecule has 0 saturated heterocycles. The number of aliphatic hydroxyl groups is 1. The van der Waals surface area contributed by atoms with Crippen LogP contribution in [0.4, 0.5) is 5.69 Å². The molecular weight excluding hydrogens is 433 g/mol. The van der Waals surface area contributed by atoms with E-state index in [4.69, 9.17) is 23.2 Å². The Morgan fingerprint density at radius 1 is 1.00 bits per heavy atom. The van der Waals surface area contributed by atoms with Crippen molar-refractivity contribution in [1.82, 2.24) is 0 Å². The van der Waals surface area contributed by atoms with E-state index in [9.17, 15) is 14.7 Å². The van der Waals surface area contributed by atoms with E-state index in [1.807, 2.05) is 26.0 Å². The van der Waals surface area contributed by atoms with Crippen LogP contribution in [0.1, 0.15) is 39.0 Å². The van der Waals surface area contributed by atoms with Gasteiger partial charge in [0, 0.05) is 26.7 Å². The number of rotatable bonds is 5. The second-order valence-electron chi connectivity index (χ2n) is 7.89. The lowest BCUT2D eigenvalue weighted by atomic mass is 9.87. The Bertz CT molecular complexity index is 1190. The van der Waals surface area contributed by atoms with Crippen molar-refractivity contribution >= 4 is 40.6 Å². The maximum Gasteiger partial charge on any atom is 0.264 e. The Kier molecular flexibility index (Phi) is 5.65. The fourth-order valence-corrected chi connectivity index (χ4v) is 4.65. The highest BCUT2D eigenvalue weighted by Crippen LogP contribution is 2.44. The molecule has 6 heteroatoms. The van der Waals surface area contributed by atoms with Gasteiger partial charge in [-0.1, -0.05) is 71.2 Å². The molecule has 4 rings (SSSR count). The van der Waals surface area contributed by atoms with Gasteiger partial charge >= 0.3 is 0 Å². The maximum atomic E-state index is 13.5. The Morgan fingerprint density at radius 2 is 1.68 bits per heavy atom. The number of carbonyl (C=O) groups excluding carboxylic acids is 2. The first-order valence-corrected chi connectivity index (χ1v) is 10.6. The number of fused-ring (bicyclic) bond motifs is 1. The van der Waals surface area contributed by atoms with Crippen molar-refractivity contribution in [2.24, 2.45) is 0 Å². The molecule has 158 valence electrons. The number of ketones is 1. The molecule has 4 nitrogen and oxygen atoms in total. The molecule has 0 spiro atoms. The third-order valence-electron chi connectivity index (χ3n) is 5.72. The number of carbonyl (C=O) groups is 2. The molecule has 0 radical (unpaired) electrons. The molecule has 1 aliphatic rings. The van der Waals surface area contributed by atoms with Gasteiger partial charge in [0.25, 0.3) is 5.91 Å². The molecule has 1 aliphatic heterocycles. The normalized spacial score (nSPS) is 17.7. The zero-order valence-electron chi connectivity index (χ0n) is 17.2. The fraction of sp³-hybridized carbons (Fsp3) is 0.200. The number of aryl methyl sites for hydroxylation is 2. The molecule has 0 saturated carbocycles. The van der Waals surface area contributed by atoms with Crippen molar-refractivity contribution in [3.8, 4) is 0 Å². The topological polar surface area (TPSA) is 57.6 Å². The van der Waals surface area contributed by atoms with E-state index >= 15 is 0 Å². The van der Waals surface area contributed by atoms with Crippen molar-refractivity contribution in [2.45, 2.75) is 32.4 Å². The van der Waals surface area contributed by atoms with Crippen LogP contribution in [-0.2, 0) is 16.9 Å².